The molecule has 0 bridgehead atoms. The molecule has 11 heteroatoms. The minimum atomic E-state index is -3.45. The maximum Gasteiger partial charge on any atom is 0.262 e. The molecule has 9 rings (SSSR count). The van der Waals surface area contributed by atoms with Crippen molar-refractivity contribution in [3.05, 3.63) is 124 Å². The Balaban J connectivity index is 0.921. The quantitative estimate of drug-likeness (QED) is 0.226. The van der Waals surface area contributed by atoms with E-state index in [0.717, 1.165) is 29.7 Å². The summed E-state index contributed by atoms with van der Waals surface area (Å²) < 4.78 is 88.3. The molecule has 0 spiro atoms. The van der Waals surface area contributed by atoms with Crippen LogP contribution < -0.4 is 15.1 Å². The van der Waals surface area contributed by atoms with Gasteiger partial charge in [0.25, 0.3) is 11.8 Å². The predicted molar refractivity (Wildman–Crippen MR) is 211 cm³/mol. The summed E-state index contributed by atoms with van der Waals surface area (Å²) in [7, 11) is 0. The van der Waals surface area contributed by atoms with Gasteiger partial charge in [0.05, 0.1) is 22.3 Å². The minimum Gasteiger partial charge on any atom is -0.508 e. The van der Waals surface area contributed by atoms with Crippen LogP contribution in [0.5, 0.6) is 5.75 Å². The highest BCUT2D eigenvalue weighted by atomic mass is 19.1. The molecule has 56 heavy (non-hydrogen) atoms. The maximum atomic E-state index is 16.1. The van der Waals surface area contributed by atoms with Gasteiger partial charge in [-0.15, -0.1) is 0 Å². The lowest BCUT2D eigenvalue weighted by atomic mass is 9.69. The fourth-order valence-electron chi connectivity index (χ4n) is 8.94. The first-order valence-electron chi connectivity index (χ1n) is 23.1. The minimum absolute atomic E-state index is 0.0304. The number of hydrogen-bond donors (Lipinski definition) is 2. The lowest BCUT2D eigenvalue weighted by Gasteiger charge is -2.40. The summed E-state index contributed by atoms with van der Waals surface area (Å²) in [4.78, 5) is 54.5. The van der Waals surface area contributed by atoms with Crippen LogP contribution in [0.2, 0.25) is 0 Å². The van der Waals surface area contributed by atoms with E-state index < -0.39 is 78.3 Å². The molecule has 4 aromatic carbocycles. The number of imide groups is 2. The van der Waals surface area contributed by atoms with E-state index in [2.05, 4.69) is 46.6 Å². The van der Waals surface area contributed by atoms with Crippen LogP contribution in [0, 0.1) is 11.7 Å². The molecule has 0 aromatic heterocycles. The first-order chi connectivity index (χ1) is 30.2. The summed E-state index contributed by atoms with van der Waals surface area (Å²) in [6.45, 7) is -12.8. The van der Waals surface area contributed by atoms with Crippen molar-refractivity contribution >= 4 is 35.0 Å². The highest BCUT2D eigenvalue weighted by Crippen LogP contribution is 2.47. The standard InChI is InChI=1S/C45H46FN5O5/c46-38-25-36-37(45(56)51(44(36)55)39-14-15-41(53)47-43(39)54)26-40(38)50-22-20-48(21-23-50)27-28-16-18-49(19-17-28)32-9-6-30(7-10-32)42-34(29-4-2-1-3-5-29)12-8-31-24-33(52)11-13-35(31)42/h1-7,9-11,13,24-26,28,34,39,42,52H,8,12,14-23,27H2,(H,47,53,54)/t34-,39?,42+/m1/s1/i20D2,21D2,22D2,23D2. The smallest absolute Gasteiger partial charge is 0.262 e. The van der Waals surface area contributed by atoms with Crippen LogP contribution in [0.4, 0.5) is 15.8 Å². The van der Waals surface area contributed by atoms with Crippen molar-refractivity contribution in [3.8, 4) is 5.75 Å². The van der Waals surface area contributed by atoms with Crippen LogP contribution in [0.3, 0.4) is 0 Å². The van der Waals surface area contributed by atoms with E-state index in [-0.39, 0.29) is 47.8 Å². The second-order valence-electron chi connectivity index (χ2n) is 15.1. The Morgan fingerprint density at radius 2 is 1.46 bits per heavy atom. The van der Waals surface area contributed by atoms with Gasteiger partial charge in [0.1, 0.15) is 17.6 Å². The highest BCUT2D eigenvalue weighted by Gasteiger charge is 2.45. The van der Waals surface area contributed by atoms with Crippen LogP contribution in [-0.2, 0) is 16.0 Å². The fourth-order valence-corrected chi connectivity index (χ4v) is 8.94. The monoisotopic (exact) mass is 763 g/mol. The van der Waals surface area contributed by atoms with Gasteiger partial charge in [0, 0.05) is 69.1 Å². The predicted octanol–water partition coefficient (Wildman–Crippen LogP) is 5.83. The number of nitrogens with zero attached hydrogens (tertiary/aromatic N) is 4. The van der Waals surface area contributed by atoms with Crippen molar-refractivity contribution in [3.63, 3.8) is 0 Å². The number of anilines is 2. The number of rotatable bonds is 7. The molecule has 10 nitrogen and oxygen atoms in total. The van der Waals surface area contributed by atoms with Crippen LogP contribution in [0.1, 0.15) is 97.9 Å². The average Bonchev–Trinajstić information content (AvgIpc) is 3.49. The molecule has 1 aliphatic carbocycles. The molecule has 0 radical (unpaired) electrons. The number of halogens is 1. The van der Waals surface area contributed by atoms with Crippen molar-refractivity contribution < 1.29 is 39.6 Å². The molecule has 4 aromatic rings. The molecular formula is C45H46FN5O5. The summed E-state index contributed by atoms with van der Waals surface area (Å²) in [6, 6.07) is 24.3. The highest BCUT2D eigenvalue weighted by molar-refractivity contribution is 6.23. The molecule has 3 atom stereocenters. The Morgan fingerprint density at radius 1 is 0.750 bits per heavy atom. The van der Waals surface area contributed by atoms with Gasteiger partial charge in [-0.2, -0.15) is 0 Å². The topological polar surface area (TPSA) is 114 Å². The molecule has 0 saturated carbocycles. The van der Waals surface area contributed by atoms with Crippen LogP contribution in [0.15, 0.2) is 84.9 Å². The summed E-state index contributed by atoms with van der Waals surface area (Å²) >= 11 is 0. The van der Waals surface area contributed by atoms with E-state index in [9.17, 15) is 24.3 Å². The third kappa shape index (κ3) is 6.72. The van der Waals surface area contributed by atoms with E-state index in [0.29, 0.717) is 47.9 Å². The summed E-state index contributed by atoms with van der Waals surface area (Å²) in [5.74, 6) is -4.91. The zero-order valence-electron chi connectivity index (χ0n) is 38.5. The van der Waals surface area contributed by atoms with Crippen molar-refractivity contribution in [1.82, 2.24) is 15.1 Å². The Labute approximate surface area is 337 Å². The molecular weight excluding hydrogens is 710 g/mol. The maximum absolute atomic E-state index is 16.1. The van der Waals surface area contributed by atoms with Gasteiger partial charge < -0.3 is 14.9 Å². The van der Waals surface area contributed by atoms with Crippen LogP contribution in [-0.4, -0.2) is 90.2 Å². The molecule has 3 saturated heterocycles. The Morgan fingerprint density at radius 3 is 2.18 bits per heavy atom. The lowest BCUT2D eigenvalue weighted by Crippen LogP contribution is -2.54. The first kappa shape index (κ1) is 27.9. The number of carbonyl (C=O) groups is 4. The molecule has 288 valence electrons. The van der Waals surface area contributed by atoms with Gasteiger partial charge in [-0.3, -0.25) is 34.3 Å². The third-order valence-corrected chi connectivity index (χ3v) is 11.8. The van der Waals surface area contributed by atoms with Crippen molar-refractivity contribution in [2.24, 2.45) is 5.92 Å². The van der Waals surface area contributed by atoms with E-state index in [1.54, 1.807) is 6.07 Å². The third-order valence-electron chi connectivity index (χ3n) is 11.8. The Kier molecular flexibility index (Phi) is 7.40. The molecule has 3 fully saturated rings. The Hall–Kier alpha value is -5.55. The zero-order chi connectivity index (χ0) is 45.7. The SMILES string of the molecule is [2H]C1([2H])N(CC2CCN(c3ccc([C@@H]4c5ccc(O)cc5CC[C@@H]4c4ccccc4)cc3)CC2)C([2H])([2H])C([2H])([2H])N(c2cc3c(cc2F)C(=O)N(C2CCC(=O)NC2=O)C3=O)C1([2H])[2H]. The summed E-state index contributed by atoms with van der Waals surface area (Å²) in [5.41, 5.74) is 3.65. The van der Waals surface area contributed by atoms with Crippen molar-refractivity contribution in [1.29, 1.82) is 0 Å². The van der Waals surface area contributed by atoms with Crippen molar-refractivity contribution in [2.75, 3.05) is 55.4 Å². The second kappa shape index (κ2) is 14.8. The van der Waals surface area contributed by atoms with E-state index in [4.69, 9.17) is 11.0 Å². The largest absolute Gasteiger partial charge is 0.508 e. The number of amides is 4. The Bertz CT molecular complexity index is 2530. The van der Waals surface area contributed by atoms with Gasteiger partial charge in [-0.25, -0.2) is 4.39 Å². The number of aryl methyl sites for hydroxylation is 1. The van der Waals surface area contributed by atoms with E-state index in [1.807, 2.05) is 30.3 Å². The first-order valence-corrected chi connectivity index (χ1v) is 19.1. The average molecular weight is 764 g/mol. The van der Waals surface area contributed by atoms with Gasteiger partial charge in [0.15, 0.2) is 0 Å². The molecule has 4 amide bonds. The number of hydrogen-bond acceptors (Lipinski definition) is 8. The lowest BCUT2D eigenvalue weighted by molar-refractivity contribution is -0.136. The summed E-state index contributed by atoms with van der Waals surface area (Å²) in [6.07, 6.45) is 2.32. The number of piperazine rings is 1. The zero-order valence-corrected chi connectivity index (χ0v) is 30.5. The molecule has 4 heterocycles. The van der Waals surface area contributed by atoms with Gasteiger partial charge in [0.2, 0.25) is 11.8 Å². The molecule has 1 unspecified atom stereocenters. The molecule has 5 aliphatic rings. The number of phenols is 1. The van der Waals surface area contributed by atoms with Gasteiger partial charge in [-0.05, 0) is 103 Å². The molecule has 2 N–H and O–H groups in total. The number of fused-ring (bicyclic) bond motifs is 2. The summed E-state index contributed by atoms with van der Waals surface area (Å²) in [5, 5.41) is 12.3. The fraction of sp³-hybridized carbons (Fsp3) is 0.378. The molecule has 4 aliphatic heterocycles. The number of benzene rings is 4. The second-order valence-corrected chi connectivity index (χ2v) is 15.1. The van der Waals surface area contributed by atoms with Gasteiger partial charge >= 0.3 is 0 Å². The van der Waals surface area contributed by atoms with Crippen molar-refractivity contribution in [2.45, 2.75) is 56.4 Å². The van der Waals surface area contributed by atoms with Crippen LogP contribution in [0.25, 0.3) is 0 Å². The number of aromatic hydroxyl groups is 1. The van der Waals surface area contributed by atoms with Crippen LogP contribution >= 0.6 is 0 Å². The number of carbonyl (C=O) groups excluding carboxylic acids is 4. The van der Waals surface area contributed by atoms with E-state index >= 15 is 4.39 Å². The van der Waals surface area contributed by atoms with E-state index in [1.165, 1.54) is 11.1 Å². The van der Waals surface area contributed by atoms with Gasteiger partial charge in [-0.1, -0.05) is 48.5 Å². The number of nitrogens with one attached hydrogen (secondary N) is 1. The number of phenolic OH excluding ortho intramolecular Hbond substituents is 1. The number of piperidine rings is 2. The normalized spacial score (nSPS) is 29.0.